The third kappa shape index (κ3) is 3.00. The number of hydrogen-bond acceptors (Lipinski definition) is 3. The maximum atomic E-state index is 12.6. The van der Waals surface area contributed by atoms with Gasteiger partial charge in [0.2, 0.25) is 5.91 Å². The molecule has 0 aromatic carbocycles. The van der Waals surface area contributed by atoms with Gasteiger partial charge in [-0.15, -0.1) is 0 Å². The summed E-state index contributed by atoms with van der Waals surface area (Å²) >= 11 is 0. The van der Waals surface area contributed by atoms with E-state index in [0.717, 1.165) is 6.07 Å². The van der Waals surface area contributed by atoms with Gasteiger partial charge >= 0.3 is 6.18 Å². The molecule has 1 aromatic rings. The standard InChI is InChI=1S/C11H10F3N5O/c12-11(13,14)8-2-9(5-16-4-8)19-6-7(1-10(19)20)3-17-18-15/h2,4-5,7H,1,3,6H2. The monoisotopic (exact) mass is 285 g/mol. The van der Waals surface area contributed by atoms with Gasteiger partial charge in [-0.25, -0.2) is 0 Å². The van der Waals surface area contributed by atoms with Gasteiger partial charge in [-0.1, -0.05) is 5.11 Å². The van der Waals surface area contributed by atoms with Crippen LogP contribution in [0.1, 0.15) is 12.0 Å². The molecule has 1 aliphatic heterocycles. The number of alkyl halides is 3. The number of nitrogens with zero attached hydrogens (tertiary/aromatic N) is 5. The van der Waals surface area contributed by atoms with Crippen LogP contribution in [0.5, 0.6) is 0 Å². The van der Waals surface area contributed by atoms with E-state index in [-0.39, 0.29) is 37.0 Å². The van der Waals surface area contributed by atoms with Gasteiger partial charge in [0.1, 0.15) is 0 Å². The Morgan fingerprint density at radius 3 is 2.90 bits per heavy atom. The highest BCUT2D eigenvalue weighted by Crippen LogP contribution is 2.32. The molecule has 0 saturated carbocycles. The second kappa shape index (κ2) is 5.38. The lowest BCUT2D eigenvalue weighted by atomic mass is 10.1. The van der Waals surface area contributed by atoms with Crippen molar-refractivity contribution in [2.75, 3.05) is 18.0 Å². The lowest BCUT2D eigenvalue weighted by molar-refractivity contribution is -0.137. The summed E-state index contributed by atoms with van der Waals surface area (Å²) in [6.45, 7) is 0.367. The normalized spacial score (nSPS) is 19.1. The molecule has 1 amide bonds. The number of carbonyl (C=O) groups excluding carboxylic acids is 1. The zero-order valence-electron chi connectivity index (χ0n) is 10.2. The summed E-state index contributed by atoms with van der Waals surface area (Å²) in [5.41, 5.74) is 7.43. The van der Waals surface area contributed by atoms with Crippen molar-refractivity contribution < 1.29 is 18.0 Å². The van der Waals surface area contributed by atoms with Crippen molar-refractivity contribution in [2.24, 2.45) is 11.0 Å². The highest BCUT2D eigenvalue weighted by atomic mass is 19.4. The summed E-state index contributed by atoms with van der Waals surface area (Å²) in [6, 6.07) is 0.890. The molecule has 0 N–H and O–H groups in total. The van der Waals surface area contributed by atoms with Crippen molar-refractivity contribution in [3.63, 3.8) is 0 Å². The van der Waals surface area contributed by atoms with Gasteiger partial charge in [0.05, 0.1) is 17.4 Å². The average Bonchev–Trinajstić information content (AvgIpc) is 2.77. The van der Waals surface area contributed by atoms with Crippen molar-refractivity contribution >= 4 is 11.6 Å². The van der Waals surface area contributed by atoms with Crippen LogP contribution in [0.2, 0.25) is 0 Å². The van der Waals surface area contributed by atoms with E-state index in [0.29, 0.717) is 6.20 Å². The summed E-state index contributed by atoms with van der Waals surface area (Å²) in [7, 11) is 0. The lowest BCUT2D eigenvalue weighted by Crippen LogP contribution is -2.25. The Labute approximate surface area is 111 Å². The van der Waals surface area contributed by atoms with E-state index >= 15 is 0 Å². The quantitative estimate of drug-likeness (QED) is 0.486. The third-order valence-electron chi connectivity index (χ3n) is 2.97. The molecule has 2 heterocycles. The first-order valence-electron chi connectivity index (χ1n) is 5.75. The van der Waals surface area contributed by atoms with E-state index in [9.17, 15) is 18.0 Å². The Morgan fingerprint density at radius 1 is 1.50 bits per heavy atom. The number of pyridine rings is 1. The molecule has 1 saturated heterocycles. The molecule has 1 aromatic heterocycles. The van der Waals surface area contributed by atoms with Gasteiger partial charge in [0.25, 0.3) is 0 Å². The second-order valence-corrected chi connectivity index (χ2v) is 4.42. The minimum Gasteiger partial charge on any atom is -0.311 e. The predicted molar refractivity (Wildman–Crippen MR) is 63.7 cm³/mol. The summed E-state index contributed by atoms with van der Waals surface area (Å²) in [4.78, 5) is 19.2. The molecule has 1 atom stereocenters. The molecule has 20 heavy (non-hydrogen) atoms. The fraction of sp³-hybridized carbons (Fsp3) is 0.455. The topological polar surface area (TPSA) is 82.0 Å². The Balaban J connectivity index is 2.20. The molecule has 0 aliphatic carbocycles. The summed E-state index contributed by atoms with van der Waals surface area (Å²) in [6.07, 6.45) is -2.43. The van der Waals surface area contributed by atoms with Crippen molar-refractivity contribution in [3.05, 3.63) is 34.5 Å². The number of rotatable bonds is 3. The molecular formula is C11H10F3N5O. The zero-order valence-corrected chi connectivity index (χ0v) is 10.2. The Morgan fingerprint density at radius 2 is 2.25 bits per heavy atom. The highest BCUT2D eigenvalue weighted by molar-refractivity contribution is 5.95. The summed E-state index contributed by atoms with van der Waals surface area (Å²) in [5.74, 6) is -0.489. The van der Waals surface area contributed by atoms with Crippen LogP contribution in [-0.4, -0.2) is 24.0 Å². The number of carbonyl (C=O) groups is 1. The fourth-order valence-corrected chi connectivity index (χ4v) is 2.04. The first-order valence-corrected chi connectivity index (χ1v) is 5.75. The smallest absolute Gasteiger partial charge is 0.311 e. The molecule has 6 nitrogen and oxygen atoms in total. The largest absolute Gasteiger partial charge is 0.417 e. The van der Waals surface area contributed by atoms with Crippen LogP contribution < -0.4 is 4.90 Å². The van der Waals surface area contributed by atoms with Gasteiger partial charge in [-0.3, -0.25) is 9.78 Å². The van der Waals surface area contributed by atoms with Gasteiger partial charge < -0.3 is 4.90 Å². The van der Waals surface area contributed by atoms with Crippen LogP contribution in [0.4, 0.5) is 18.9 Å². The molecule has 0 spiro atoms. The van der Waals surface area contributed by atoms with Crippen LogP contribution in [0.15, 0.2) is 23.6 Å². The number of azide groups is 1. The van der Waals surface area contributed by atoms with Crippen LogP contribution in [0.3, 0.4) is 0 Å². The predicted octanol–water partition coefficient (Wildman–Crippen LogP) is 2.76. The number of anilines is 1. The number of hydrogen-bond donors (Lipinski definition) is 0. The molecule has 0 radical (unpaired) electrons. The van der Waals surface area contributed by atoms with Gasteiger partial charge in [0, 0.05) is 30.6 Å². The third-order valence-corrected chi connectivity index (χ3v) is 2.97. The lowest BCUT2D eigenvalue weighted by Gasteiger charge is -2.17. The Hall–Kier alpha value is -2.28. The molecule has 1 fully saturated rings. The molecule has 0 bridgehead atoms. The van der Waals surface area contributed by atoms with Crippen LogP contribution in [-0.2, 0) is 11.0 Å². The van der Waals surface area contributed by atoms with Gasteiger partial charge in [-0.05, 0) is 17.5 Å². The van der Waals surface area contributed by atoms with E-state index in [2.05, 4.69) is 15.0 Å². The van der Waals surface area contributed by atoms with E-state index in [1.807, 2.05) is 0 Å². The molecule has 2 rings (SSSR count). The Bertz CT molecular complexity index is 567. The van der Waals surface area contributed by atoms with Crippen molar-refractivity contribution in [2.45, 2.75) is 12.6 Å². The molecule has 106 valence electrons. The molecule has 9 heteroatoms. The van der Waals surface area contributed by atoms with Crippen LogP contribution >= 0.6 is 0 Å². The Kier molecular flexibility index (Phi) is 3.80. The van der Waals surface area contributed by atoms with E-state index in [1.54, 1.807) is 0 Å². The minimum atomic E-state index is -4.50. The highest BCUT2D eigenvalue weighted by Gasteiger charge is 2.34. The fourth-order valence-electron chi connectivity index (χ4n) is 2.04. The molecule has 1 unspecified atom stereocenters. The van der Waals surface area contributed by atoms with E-state index < -0.39 is 11.7 Å². The van der Waals surface area contributed by atoms with Crippen molar-refractivity contribution in [1.82, 2.24) is 4.98 Å². The zero-order chi connectivity index (χ0) is 14.8. The van der Waals surface area contributed by atoms with E-state index in [1.165, 1.54) is 11.1 Å². The van der Waals surface area contributed by atoms with Crippen LogP contribution in [0.25, 0.3) is 10.4 Å². The summed E-state index contributed by atoms with van der Waals surface area (Å²) in [5, 5.41) is 3.38. The molecular weight excluding hydrogens is 275 g/mol. The first-order chi connectivity index (χ1) is 9.41. The number of aromatic nitrogens is 1. The maximum absolute atomic E-state index is 12.6. The van der Waals surface area contributed by atoms with Crippen molar-refractivity contribution in [1.29, 1.82) is 0 Å². The minimum absolute atomic E-state index is 0.105. The summed E-state index contributed by atoms with van der Waals surface area (Å²) < 4.78 is 37.8. The second-order valence-electron chi connectivity index (χ2n) is 4.42. The molecule has 1 aliphatic rings. The van der Waals surface area contributed by atoms with Gasteiger partial charge in [-0.2, -0.15) is 13.2 Å². The van der Waals surface area contributed by atoms with Gasteiger partial charge in [0.15, 0.2) is 0 Å². The number of amides is 1. The van der Waals surface area contributed by atoms with Crippen LogP contribution in [0, 0.1) is 5.92 Å². The SMILES string of the molecule is [N-]=[N+]=NCC1CC(=O)N(c2cncc(C(F)(F)F)c2)C1. The number of halogens is 3. The average molecular weight is 285 g/mol. The maximum Gasteiger partial charge on any atom is 0.417 e. The first kappa shape index (κ1) is 14.1. The van der Waals surface area contributed by atoms with Crippen molar-refractivity contribution in [3.8, 4) is 0 Å². The van der Waals surface area contributed by atoms with E-state index in [4.69, 9.17) is 5.53 Å².